The maximum Gasteiger partial charge on any atom is 0.236 e. The standard InChI is InChI=1S/C19H30N4O3S/c1-27(25,26)23-14-12-22(13-15-23)19(24)17-21-9-5-8-20(10-11-21)16-18-6-3-2-4-7-18/h2-4,6-7H,5,8-17H2,1H3. The Balaban J connectivity index is 1.44. The van der Waals surface area contributed by atoms with Gasteiger partial charge in [-0.2, -0.15) is 4.31 Å². The van der Waals surface area contributed by atoms with Crippen LogP contribution < -0.4 is 0 Å². The Morgan fingerprint density at radius 2 is 1.52 bits per heavy atom. The van der Waals surface area contributed by atoms with Crippen LogP contribution in [0, 0.1) is 0 Å². The lowest BCUT2D eigenvalue weighted by Gasteiger charge is -2.34. The molecule has 0 unspecified atom stereocenters. The summed E-state index contributed by atoms with van der Waals surface area (Å²) < 4.78 is 24.6. The highest BCUT2D eigenvalue weighted by atomic mass is 32.2. The van der Waals surface area contributed by atoms with E-state index in [1.54, 1.807) is 4.90 Å². The Bertz CT molecular complexity index is 718. The van der Waals surface area contributed by atoms with Crippen molar-refractivity contribution < 1.29 is 13.2 Å². The van der Waals surface area contributed by atoms with Gasteiger partial charge in [0.2, 0.25) is 15.9 Å². The molecule has 2 aliphatic heterocycles. The summed E-state index contributed by atoms with van der Waals surface area (Å²) in [5.74, 6) is 0.111. The molecular weight excluding hydrogens is 364 g/mol. The molecule has 27 heavy (non-hydrogen) atoms. The first-order valence-corrected chi connectivity index (χ1v) is 11.5. The number of piperazine rings is 1. The highest BCUT2D eigenvalue weighted by molar-refractivity contribution is 7.88. The fraction of sp³-hybridized carbons (Fsp3) is 0.632. The predicted octanol–water partition coefficient (Wildman–Crippen LogP) is 0.298. The lowest BCUT2D eigenvalue weighted by molar-refractivity contribution is -0.133. The van der Waals surface area contributed by atoms with Gasteiger partial charge in [0.25, 0.3) is 0 Å². The lowest BCUT2D eigenvalue weighted by Crippen LogP contribution is -2.52. The van der Waals surface area contributed by atoms with Crippen LogP contribution in [0.1, 0.15) is 12.0 Å². The molecule has 0 atom stereocenters. The summed E-state index contributed by atoms with van der Waals surface area (Å²) in [6.45, 7) is 6.98. The van der Waals surface area contributed by atoms with Crippen LogP contribution in [-0.4, -0.2) is 98.5 Å². The molecule has 2 fully saturated rings. The molecule has 1 aromatic carbocycles. The quantitative estimate of drug-likeness (QED) is 0.719. The van der Waals surface area contributed by atoms with E-state index in [0.29, 0.717) is 32.7 Å². The molecule has 0 aliphatic carbocycles. The number of carbonyl (C=O) groups is 1. The van der Waals surface area contributed by atoms with Crippen LogP contribution in [0.15, 0.2) is 30.3 Å². The molecule has 1 aromatic rings. The van der Waals surface area contributed by atoms with Gasteiger partial charge in [-0.05, 0) is 25.1 Å². The average molecular weight is 395 g/mol. The normalized spacial score (nSPS) is 21.1. The summed E-state index contributed by atoms with van der Waals surface area (Å²) >= 11 is 0. The van der Waals surface area contributed by atoms with Crippen molar-refractivity contribution in [2.75, 3.05) is 65.2 Å². The van der Waals surface area contributed by atoms with Crippen molar-refractivity contribution >= 4 is 15.9 Å². The number of nitrogens with zero attached hydrogens (tertiary/aromatic N) is 4. The Morgan fingerprint density at radius 1 is 0.889 bits per heavy atom. The van der Waals surface area contributed by atoms with E-state index in [4.69, 9.17) is 0 Å². The first-order chi connectivity index (χ1) is 12.9. The maximum atomic E-state index is 12.6. The largest absolute Gasteiger partial charge is 0.339 e. The van der Waals surface area contributed by atoms with E-state index in [-0.39, 0.29) is 5.91 Å². The van der Waals surface area contributed by atoms with Gasteiger partial charge in [-0.25, -0.2) is 8.42 Å². The first-order valence-electron chi connectivity index (χ1n) is 9.63. The Kier molecular flexibility index (Phi) is 6.86. The molecule has 2 heterocycles. The maximum absolute atomic E-state index is 12.6. The first kappa shape index (κ1) is 20.3. The number of carbonyl (C=O) groups excluding carboxylic acids is 1. The molecule has 0 bridgehead atoms. The minimum Gasteiger partial charge on any atom is -0.339 e. The minimum atomic E-state index is -3.16. The predicted molar refractivity (Wildman–Crippen MR) is 106 cm³/mol. The van der Waals surface area contributed by atoms with Crippen molar-refractivity contribution in [1.29, 1.82) is 0 Å². The second kappa shape index (κ2) is 9.14. The Hall–Kier alpha value is -1.48. The number of hydrogen-bond acceptors (Lipinski definition) is 5. The third kappa shape index (κ3) is 6.00. The number of benzene rings is 1. The molecule has 8 heteroatoms. The van der Waals surface area contributed by atoms with E-state index in [1.165, 1.54) is 16.1 Å². The minimum absolute atomic E-state index is 0.111. The van der Waals surface area contributed by atoms with Crippen LogP contribution in [0.25, 0.3) is 0 Å². The van der Waals surface area contributed by atoms with Gasteiger partial charge >= 0.3 is 0 Å². The second-order valence-corrected chi connectivity index (χ2v) is 9.42. The molecule has 7 nitrogen and oxygen atoms in total. The van der Waals surface area contributed by atoms with E-state index in [1.807, 2.05) is 6.07 Å². The fourth-order valence-electron chi connectivity index (χ4n) is 3.74. The summed E-state index contributed by atoms with van der Waals surface area (Å²) in [7, 11) is -3.16. The van der Waals surface area contributed by atoms with Crippen molar-refractivity contribution in [3.05, 3.63) is 35.9 Å². The van der Waals surface area contributed by atoms with E-state index in [9.17, 15) is 13.2 Å². The zero-order valence-electron chi connectivity index (χ0n) is 16.1. The molecule has 0 N–H and O–H groups in total. The Morgan fingerprint density at radius 3 is 2.19 bits per heavy atom. The SMILES string of the molecule is CS(=O)(=O)N1CCN(C(=O)CN2CCCN(Cc3ccccc3)CC2)CC1. The van der Waals surface area contributed by atoms with Crippen LogP contribution in [0.5, 0.6) is 0 Å². The van der Waals surface area contributed by atoms with E-state index in [2.05, 4.69) is 34.1 Å². The van der Waals surface area contributed by atoms with Gasteiger partial charge in [-0.1, -0.05) is 30.3 Å². The smallest absolute Gasteiger partial charge is 0.236 e. The summed E-state index contributed by atoms with van der Waals surface area (Å²) in [5, 5.41) is 0. The summed E-state index contributed by atoms with van der Waals surface area (Å²) in [5.41, 5.74) is 1.32. The molecule has 0 spiro atoms. The zero-order valence-corrected chi connectivity index (χ0v) is 16.9. The van der Waals surface area contributed by atoms with Crippen molar-refractivity contribution in [3.8, 4) is 0 Å². The van der Waals surface area contributed by atoms with Crippen LogP contribution in [0.4, 0.5) is 0 Å². The van der Waals surface area contributed by atoms with Crippen molar-refractivity contribution in [2.45, 2.75) is 13.0 Å². The number of amides is 1. The molecule has 150 valence electrons. The number of rotatable bonds is 5. The molecule has 2 aliphatic rings. The van der Waals surface area contributed by atoms with Crippen LogP contribution in [0.3, 0.4) is 0 Å². The van der Waals surface area contributed by atoms with Gasteiger partial charge in [-0.15, -0.1) is 0 Å². The number of hydrogen-bond donors (Lipinski definition) is 0. The van der Waals surface area contributed by atoms with Crippen molar-refractivity contribution in [3.63, 3.8) is 0 Å². The van der Waals surface area contributed by atoms with E-state index >= 15 is 0 Å². The highest BCUT2D eigenvalue weighted by Gasteiger charge is 2.27. The summed E-state index contributed by atoms with van der Waals surface area (Å²) in [6.07, 6.45) is 2.28. The highest BCUT2D eigenvalue weighted by Crippen LogP contribution is 2.11. The zero-order chi connectivity index (χ0) is 19.3. The van der Waals surface area contributed by atoms with E-state index in [0.717, 1.165) is 39.1 Å². The summed E-state index contributed by atoms with van der Waals surface area (Å²) in [4.78, 5) is 19.1. The van der Waals surface area contributed by atoms with Gasteiger partial charge < -0.3 is 4.90 Å². The van der Waals surface area contributed by atoms with Crippen molar-refractivity contribution in [2.24, 2.45) is 0 Å². The van der Waals surface area contributed by atoms with Gasteiger partial charge in [-0.3, -0.25) is 14.6 Å². The Labute approximate surface area is 162 Å². The van der Waals surface area contributed by atoms with Crippen LogP contribution in [0.2, 0.25) is 0 Å². The van der Waals surface area contributed by atoms with E-state index < -0.39 is 10.0 Å². The third-order valence-electron chi connectivity index (χ3n) is 5.35. The van der Waals surface area contributed by atoms with Crippen molar-refractivity contribution in [1.82, 2.24) is 19.0 Å². The molecule has 0 saturated carbocycles. The second-order valence-electron chi connectivity index (χ2n) is 7.43. The molecule has 1 amide bonds. The number of sulfonamides is 1. The van der Waals surface area contributed by atoms with Gasteiger partial charge in [0.1, 0.15) is 0 Å². The van der Waals surface area contributed by atoms with Gasteiger partial charge in [0.15, 0.2) is 0 Å². The lowest BCUT2D eigenvalue weighted by atomic mass is 10.2. The van der Waals surface area contributed by atoms with Gasteiger partial charge in [0, 0.05) is 45.8 Å². The van der Waals surface area contributed by atoms with Crippen LogP contribution in [-0.2, 0) is 21.4 Å². The molecule has 3 rings (SSSR count). The van der Waals surface area contributed by atoms with Crippen LogP contribution >= 0.6 is 0 Å². The molecule has 2 saturated heterocycles. The summed E-state index contributed by atoms with van der Waals surface area (Å²) in [6, 6.07) is 10.5. The monoisotopic (exact) mass is 394 g/mol. The third-order valence-corrected chi connectivity index (χ3v) is 6.65. The topological polar surface area (TPSA) is 64.2 Å². The average Bonchev–Trinajstić information content (AvgIpc) is 2.87. The van der Waals surface area contributed by atoms with Gasteiger partial charge in [0.05, 0.1) is 12.8 Å². The molecule has 0 aromatic heterocycles. The molecular formula is C19H30N4O3S. The molecule has 0 radical (unpaired) electrons. The fourth-order valence-corrected chi connectivity index (χ4v) is 4.57.